The van der Waals surface area contributed by atoms with Gasteiger partial charge in [0.05, 0.1) is 9.79 Å². The maximum absolute atomic E-state index is 12.8. The van der Waals surface area contributed by atoms with Gasteiger partial charge in [0.1, 0.15) is 5.76 Å². The molecular formula is C19H21N3O5S2. The molecule has 0 aliphatic heterocycles. The first kappa shape index (κ1) is 20.9. The van der Waals surface area contributed by atoms with Crippen LogP contribution in [0, 0.1) is 27.7 Å². The molecule has 0 saturated carbocycles. The third-order valence-electron chi connectivity index (χ3n) is 4.16. The number of aromatic nitrogens is 1. The maximum atomic E-state index is 12.8. The van der Waals surface area contributed by atoms with Crippen molar-refractivity contribution in [3.63, 3.8) is 0 Å². The second-order valence-electron chi connectivity index (χ2n) is 6.79. The minimum absolute atomic E-state index is 0.0381. The SMILES string of the molecule is Cc1cc(C)c(S(=O)(=O)Nc2ccc(S(=O)(=O)Nc3cc(C)on3)cc2)c(C)c1. The van der Waals surface area contributed by atoms with E-state index in [2.05, 4.69) is 14.6 Å². The lowest BCUT2D eigenvalue weighted by Crippen LogP contribution is -2.16. The Labute approximate surface area is 170 Å². The zero-order valence-corrected chi connectivity index (χ0v) is 18.0. The minimum atomic E-state index is -3.88. The van der Waals surface area contributed by atoms with Gasteiger partial charge in [-0.2, -0.15) is 0 Å². The molecular weight excluding hydrogens is 414 g/mol. The first-order chi connectivity index (χ1) is 13.5. The Kier molecular flexibility index (Phi) is 5.42. The van der Waals surface area contributed by atoms with Gasteiger partial charge in [0, 0.05) is 11.8 Å². The zero-order chi connectivity index (χ0) is 21.4. The Hall–Kier alpha value is -2.85. The molecule has 0 fully saturated rings. The zero-order valence-electron chi connectivity index (χ0n) is 16.3. The largest absolute Gasteiger partial charge is 0.360 e. The fourth-order valence-electron chi connectivity index (χ4n) is 3.11. The van der Waals surface area contributed by atoms with E-state index < -0.39 is 20.0 Å². The van der Waals surface area contributed by atoms with Gasteiger partial charge in [0.15, 0.2) is 5.82 Å². The van der Waals surface area contributed by atoms with Crippen LogP contribution in [0.1, 0.15) is 22.5 Å². The van der Waals surface area contributed by atoms with Crippen LogP contribution in [0.3, 0.4) is 0 Å². The summed E-state index contributed by atoms with van der Waals surface area (Å²) < 4.78 is 60.1. The molecule has 0 saturated heterocycles. The first-order valence-electron chi connectivity index (χ1n) is 8.65. The minimum Gasteiger partial charge on any atom is -0.360 e. The van der Waals surface area contributed by atoms with E-state index in [9.17, 15) is 16.8 Å². The van der Waals surface area contributed by atoms with Crippen molar-refractivity contribution in [3.05, 3.63) is 64.9 Å². The van der Waals surface area contributed by atoms with Crippen molar-refractivity contribution in [2.75, 3.05) is 9.44 Å². The van der Waals surface area contributed by atoms with Gasteiger partial charge in [-0.05, 0) is 63.1 Å². The van der Waals surface area contributed by atoms with Gasteiger partial charge in [-0.25, -0.2) is 16.8 Å². The van der Waals surface area contributed by atoms with Crippen LogP contribution in [0.25, 0.3) is 0 Å². The van der Waals surface area contributed by atoms with Gasteiger partial charge in [-0.1, -0.05) is 22.9 Å². The maximum Gasteiger partial charge on any atom is 0.263 e. The molecule has 0 atom stereocenters. The van der Waals surface area contributed by atoms with Gasteiger partial charge in [0.2, 0.25) is 0 Å². The van der Waals surface area contributed by atoms with E-state index in [-0.39, 0.29) is 21.3 Å². The number of benzene rings is 2. The Balaban J connectivity index is 1.83. The highest BCUT2D eigenvalue weighted by atomic mass is 32.2. The standard InChI is InChI=1S/C19H21N3O5S2/c1-12-9-13(2)19(14(3)10-12)29(25,26)21-16-5-7-17(8-6-16)28(23,24)22-18-11-15(4)27-20-18/h5-11,21H,1-4H3,(H,20,22). The van der Waals surface area contributed by atoms with Crippen molar-refractivity contribution in [2.24, 2.45) is 0 Å². The number of sulfonamides is 2. The second-order valence-corrected chi connectivity index (χ2v) is 10.1. The Bertz CT molecular complexity index is 1240. The van der Waals surface area contributed by atoms with E-state index in [1.54, 1.807) is 32.9 Å². The molecule has 0 radical (unpaired) electrons. The number of hydrogen-bond acceptors (Lipinski definition) is 6. The van der Waals surface area contributed by atoms with E-state index >= 15 is 0 Å². The summed E-state index contributed by atoms with van der Waals surface area (Å²) in [5.74, 6) is 0.534. The van der Waals surface area contributed by atoms with Crippen LogP contribution >= 0.6 is 0 Å². The molecule has 0 spiro atoms. The van der Waals surface area contributed by atoms with Crippen molar-refractivity contribution >= 4 is 31.6 Å². The molecule has 29 heavy (non-hydrogen) atoms. The molecule has 0 unspecified atom stereocenters. The molecule has 1 heterocycles. The van der Waals surface area contributed by atoms with Gasteiger partial charge < -0.3 is 4.52 Å². The smallest absolute Gasteiger partial charge is 0.263 e. The van der Waals surface area contributed by atoms with Crippen LogP contribution < -0.4 is 9.44 Å². The molecule has 1 aromatic heterocycles. The fraction of sp³-hybridized carbons (Fsp3) is 0.211. The average molecular weight is 436 g/mol. The van der Waals surface area contributed by atoms with Gasteiger partial charge in [-0.3, -0.25) is 9.44 Å². The molecule has 154 valence electrons. The molecule has 3 rings (SSSR count). The summed E-state index contributed by atoms with van der Waals surface area (Å²) >= 11 is 0. The first-order valence-corrected chi connectivity index (χ1v) is 11.6. The lowest BCUT2D eigenvalue weighted by atomic mass is 10.1. The number of rotatable bonds is 6. The molecule has 8 nitrogen and oxygen atoms in total. The molecule has 0 aliphatic rings. The summed E-state index contributed by atoms with van der Waals surface area (Å²) in [7, 11) is -7.70. The summed E-state index contributed by atoms with van der Waals surface area (Å²) in [5.41, 5.74) is 2.51. The van der Waals surface area contributed by atoms with Gasteiger partial charge in [0.25, 0.3) is 20.0 Å². The predicted molar refractivity (Wildman–Crippen MR) is 110 cm³/mol. The van der Waals surface area contributed by atoms with Crippen LogP contribution in [0.4, 0.5) is 11.5 Å². The van der Waals surface area contributed by atoms with Crippen molar-refractivity contribution in [3.8, 4) is 0 Å². The number of aryl methyl sites for hydroxylation is 4. The quantitative estimate of drug-likeness (QED) is 0.612. The monoisotopic (exact) mass is 435 g/mol. The molecule has 0 aliphatic carbocycles. The van der Waals surface area contributed by atoms with Gasteiger partial charge >= 0.3 is 0 Å². The van der Waals surface area contributed by atoms with Crippen molar-refractivity contribution in [1.29, 1.82) is 0 Å². The highest BCUT2D eigenvalue weighted by Gasteiger charge is 2.21. The summed E-state index contributed by atoms with van der Waals surface area (Å²) in [6.45, 7) is 7.02. The summed E-state index contributed by atoms with van der Waals surface area (Å²) in [6.07, 6.45) is 0. The Morgan fingerprint density at radius 3 is 1.90 bits per heavy atom. The van der Waals surface area contributed by atoms with E-state index in [1.165, 1.54) is 30.3 Å². The number of anilines is 2. The van der Waals surface area contributed by atoms with E-state index in [0.717, 1.165) is 5.56 Å². The number of nitrogens with one attached hydrogen (secondary N) is 2. The number of nitrogens with zero attached hydrogens (tertiary/aromatic N) is 1. The van der Waals surface area contributed by atoms with Crippen LogP contribution in [0.15, 0.2) is 56.8 Å². The van der Waals surface area contributed by atoms with E-state index in [1.807, 2.05) is 6.92 Å². The fourth-order valence-corrected chi connectivity index (χ4v) is 5.61. The van der Waals surface area contributed by atoms with Gasteiger partial charge in [-0.15, -0.1) is 0 Å². The lowest BCUT2D eigenvalue weighted by Gasteiger charge is -2.14. The van der Waals surface area contributed by atoms with Crippen molar-refractivity contribution in [2.45, 2.75) is 37.5 Å². The van der Waals surface area contributed by atoms with E-state index in [4.69, 9.17) is 4.52 Å². The molecule has 2 aromatic carbocycles. The predicted octanol–water partition coefficient (Wildman–Crippen LogP) is 3.51. The highest BCUT2D eigenvalue weighted by molar-refractivity contribution is 7.93. The van der Waals surface area contributed by atoms with E-state index in [0.29, 0.717) is 16.9 Å². The molecule has 0 amide bonds. The molecule has 2 N–H and O–H groups in total. The third-order valence-corrected chi connectivity index (χ3v) is 7.21. The summed E-state index contributed by atoms with van der Waals surface area (Å²) in [4.78, 5) is 0.173. The topological polar surface area (TPSA) is 118 Å². The van der Waals surface area contributed by atoms with Crippen molar-refractivity contribution < 1.29 is 21.4 Å². The normalized spacial score (nSPS) is 12.0. The second kappa shape index (κ2) is 7.53. The third kappa shape index (κ3) is 4.60. The molecule has 10 heteroatoms. The van der Waals surface area contributed by atoms with Crippen LogP contribution in [-0.2, 0) is 20.0 Å². The van der Waals surface area contributed by atoms with Crippen molar-refractivity contribution in [1.82, 2.24) is 5.16 Å². The molecule has 3 aromatic rings. The Morgan fingerprint density at radius 1 is 0.793 bits per heavy atom. The Morgan fingerprint density at radius 2 is 1.38 bits per heavy atom. The van der Waals surface area contributed by atoms with Crippen LogP contribution in [0.2, 0.25) is 0 Å². The number of hydrogen-bond donors (Lipinski definition) is 2. The molecule has 0 bridgehead atoms. The summed E-state index contributed by atoms with van der Waals surface area (Å²) in [5, 5.41) is 3.59. The van der Waals surface area contributed by atoms with Crippen LogP contribution in [0.5, 0.6) is 0 Å². The van der Waals surface area contributed by atoms with Crippen LogP contribution in [-0.4, -0.2) is 22.0 Å². The lowest BCUT2D eigenvalue weighted by molar-refractivity contribution is 0.400. The average Bonchev–Trinajstić information content (AvgIpc) is 2.97. The highest BCUT2D eigenvalue weighted by Crippen LogP contribution is 2.25. The summed E-state index contributed by atoms with van der Waals surface area (Å²) in [6, 6.07) is 10.4.